The Kier molecular flexibility index (Phi) is 5.87. The monoisotopic (exact) mass is 303 g/mol. The first-order valence-electron chi connectivity index (χ1n) is 4.94. The number of aromatic carboxylic acids is 1. The highest BCUT2D eigenvalue weighted by atomic mass is 79.9. The summed E-state index contributed by atoms with van der Waals surface area (Å²) in [4.78, 5) is 10.7. The second-order valence-corrected chi connectivity index (χ2v) is 5.27. The second-order valence-electron chi connectivity index (χ2n) is 3.31. The van der Waals surface area contributed by atoms with E-state index in [0.29, 0.717) is 12.1 Å². The molecule has 88 valence electrons. The SMILES string of the molecule is NCCCSCc1ccc(C(=O)O)cc1Br. The summed E-state index contributed by atoms with van der Waals surface area (Å²) in [6.45, 7) is 0.714. The molecule has 1 aromatic rings. The highest BCUT2D eigenvalue weighted by molar-refractivity contribution is 9.10. The van der Waals surface area contributed by atoms with Gasteiger partial charge in [-0.3, -0.25) is 0 Å². The molecule has 0 aliphatic heterocycles. The minimum Gasteiger partial charge on any atom is -0.478 e. The molecule has 0 saturated heterocycles. The molecule has 3 nitrogen and oxygen atoms in total. The van der Waals surface area contributed by atoms with E-state index < -0.39 is 5.97 Å². The first kappa shape index (κ1) is 13.5. The molecular formula is C11H14BrNO2S. The van der Waals surface area contributed by atoms with Crippen LogP contribution in [0, 0.1) is 0 Å². The molecule has 1 aromatic carbocycles. The van der Waals surface area contributed by atoms with Crippen LogP contribution in [0.15, 0.2) is 22.7 Å². The van der Waals surface area contributed by atoms with Gasteiger partial charge in [0, 0.05) is 10.2 Å². The summed E-state index contributed by atoms with van der Waals surface area (Å²) in [5.74, 6) is 1.01. The zero-order valence-corrected chi connectivity index (χ0v) is 11.2. The fraction of sp³-hybridized carbons (Fsp3) is 0.364. The topological polar surface area (TPSA) is 63.3 Å². The van der Waals surface area contributed by atoms with Crippen molar-refractivity contribution in [1.82, 2.24) is 0 Å². The smallest absolute Gasteiger partial charge is 0.335 e. The quantitative estimate of drug-likeness (QED) is 0.793. The molecule has 16 heavy (non-hydrogen) atoms. The van der Waals surface area contributed by atoms with Crippen LogP contribution >= 0.6 is 27.7 Å². The Bertz CT molecular complexity index is 371. The van der Waals surface area contributed by atoms with Crippen molar-refractivity contribution < 1.29 is 9.90 Å². The number of nitrogens with two attached hydrogens (primary N) is 1. The summed E-state index contributed by atoms with van der Waals surface area (Å²) in [5.41, 5.74) is 6.83. The third kappa shape index (κ3) is 4.15. The van der Waals surface area contributed by atoms with Gasteiger partial charge in [-0.15, -0.1) is 0 Å². The van der Waals surface area contributed by atoms with Crippen molar-refractivity contribution in [3.8, 4) is 0 Å². The number of carboxylic acid groups (broad SMARTS) is 1. The second kappa shape index (κ2) is 6.93. The molecule has 1 rings (SSSR count). The molecule has 0 aliphatic rings. The lowest BCUT2D eigenvalue weighted by Crippen LogP contribution is -2.00. The molecule has 3 N–H and O–H groups in total. The van der Waals surface area contributed by atoms with E-state index in [2.05, 4.69) is 15.9 Å². The van der Waals surface area contributed by atoms with E-state index in [4.69, 9.17) is 10.8 Å². The van der Waals surface area contributed by atoms with E-state index >= 15 is 0 Å². The molecule has 0 saturated carbocycles. The summed E-state index contributed by atoms with van der Waals surface area (Å²) < 4.78 is 0.854. The third-order valence-corrected chi connectivity index (χ3v) is 3.88. The Hall–Kier alpha value is -0.520. The number of hydrogen-bond donors (Lipinski definition) is 2. The Labute approximate surface area is 108 Å². The molecular weight excluding hydrogens is 290 g/mol. The van der Waals surface area contributed by atoms with Crippen LogP contribution in [0.25, 0.3) is 0 Å². The lowest BCUT2D eigenvalue weighted by molar-refractivity contribution is 0.0697. The van der Waals surface area contributed by atoms with Gasteiger partial charge in [-0.25, -0.2) is 4.79 Å². The van der Waals surface area contributed by atoms with Gasteiger partial charge in [-0.2, -0.15) is 11.8 Å². The van der Waals surface area contributed by atoms with Crippen molar-refractivity contribution in [2.75, 3.05) is 12.3 Å². The van der Waals surface area contributed by atoms with Gasteiger partial charge in [0.2, 0.25) is 0 Å². The number of halogens is 1. The molecule has 0 atom stereocenters. The van der Waals surface area contributed by atoms with Gasteiger partial charge in [0.05, 0.1) is 5.56 Å². The molecule has 0 heterocycles. The Balaban J connectivity index is 2.57. The molecule has 0 radical (unpaired) electrons. The minimum atomic E-state index is -0.900. The van der Waals surface area contributed by atoms with Crippen molar-refractivity contribution in [2.24, 2.45) is 5.73 Å². The molecule has 0 bridgehead atoms. The number of thioether (sulfide) groups is 1. The molecule has 0 aliphatic carbocycles. The van der Waals surface area contributed by atoms with Crippen LogP contribution < -0.4 is 5.73 Å². The average Bonchev–Trinajstić information content (AvgIpc) is 2.26. The van der Waals surface area contributed by atoms with E-state index in [1.165, 1.54) is 0 Å². The Morgan fingerprint density at radius 2 is 2.25 bits per heavy atom. The van der Waals surface area contributed by atoms with Crippen molar-refractivity contribution in [1.29, 1.82) is 0 Å². The highest BCUT2D eigenvalue weighted by Gasteiger charge is 2.06. The number of carboxylic acids is 1. The molecule has 0 fully saturated rings. The van der Waals surface area contributed by atoms with Crippen LogP contribution in [0.4, 0.5) is 0 Å². The van der Waals surface area contributed by atoms with Crippen LogP contribution in [0.2, 0.25) is 0 Å². The molecule has 0 amide bonds. The maximum absolute atomic E-state index is 10.7. The van der Waals surface area contributed by atoms with Crippen molar-refractivity contribution in [3.63, 3.8) is 0 Å². The lowest BCUT2D eigenvalue weighted by atomic mass is 10.1. The Morgan fingerprint density at radius 1 is 1.50 bits per heavy atom. The van der Waals surface area contributed by atoms with Gasteiger partial charge in [0.1, 0.15) is 0 Å². The van der Waals surface area contributed by atoms with Crippen LogP contribution in [-0.2, 0) is 5.75 Å². The van der Waals surface area contributed by atoms with E-state index in [-0.39, 0.29) is 0 Å². The predicted octanol–water partition coefficient (Wildman–Crippen LogP) is 2.73. The summed E-state index contributed by atoms with van der Waals surface area (Å²) in [6, 6.07) is 5.12. The van der Waals surface area contributed by atoms with Crippen molar-refractivity contribution in [3.05, 3.63) is 33.8 Å². The normalized spacial score (nSPS) is 10.4. The molecule has 0 unspecified atom stereocenters. The first-order valence-corrected chi connectivity index (χ1v) is 6.89. The fourth-order valence-electron chi connectivity index (χ4n) is 1.16. The minimum absolute atomic E-state index is 0.308. The molecule has 5 heteroatoms. The maximum atomic E-state index is 10.7. The van der Waals surface area contributed by atoms with Gasteiger partial charge >= 0.3 is 5.97 Å². The first-order chi connectivity index (χ1) is 7.65. The molecule has 0 aromatic heterocycles. The van der Waals surface area contributed by atoms with Crippen molar-refractivity contribution >= 4 is 33.7 Å². The van der Waals surface area contributed by atoms with E-state index in [0.717, 1.165) is 28.0 Å². The fourth-order valence-corrected chi connectivity index (χ4v) is 2.86. The number of benzene rings is 1. The van der Waals surface area contributed by atoms with E-state index in [1.54, 1.807) is 23.9 Å². The Morgan fingerprint density at radius 3 is 2.81 bits per heavy atom. The van der Waals surface area contributed by atoms with Crippen LogP contribution in [0.5, 0.6) is 0 Å². The van der Waals surface area contributed by atoms with Gasteiger partial charge in [0.15, 0.2) is 0 Å². The predicted molar refractivity (Wildman–Crippen MR) is 70.9 cm³/mol. The van der Waals surface area contributed by atoms with Crippen LogP contribution in [0.1, 0.15) is 22.3 Å². The summed E-state index contributed by atoms with van der Waals surface area (Å²) in [7, 11) is 0. The van der Waals surface area contributed by atoms with Gasteiger partial charge in [-0.05, 0) is 36.4 Å². The van der Waals surface area contributed by atoms with Crippen molar-refractivity contribution in [2.45, 2.75) is 12.2 Å². The maximum Gasteiger partial charge on any atom is 0.335 e. The number of carbonyl (C=O) groups is 1. The lowest BCUT2D eigenvalue weighted by Gasteiger charge is -2.05. The van der Waals surface area contributed by atoms with E-state index in [1.807, 2.05) is 6.07 Å². The zero-order valence-electron chi connectivity index (χ0n) is 8.78. The standard InChI is InChI=1S/C11H14BrNO2S/c12-10-6-8(11(14)15)2-3-9(10)7-16-5-1-4-13/h2-3,6H,1,4-5,7,13H2,(H,14,15). The van der Waals surface area contributed by atoms with Crippen LogP contribution in [-0.4, -0.2) is 23.4 Å². The van der Waals surface area contributed by atoms with Gasteiger partial charge < -0.3 is 10.8 Å². The summed E-state index contributed by atoms with van der Waals surface area (Å²) in [6.07, 6.45) is 1.01. The zero-order chi connectivity index (χ0) is 12.0. The largest absolute Gasteiger partial charge is 0.478 e. The van der Waals surface area contributed by atoms with Gasteiger partial charge in [0.25, 0.3) is 0 Å². The van der Waals surface area contributed by atoms with Gasteiger partial charge in [-0.1, -0.05) is 22.0 Å². The average molecular weight is 304 g/mol. The van der Waals surface area contributed by atoms with Crippen LogP contribution in [0.3, 0.4) is 0 Å². The third-order valence-electron chi connectivity index (χ3n) is 2.05. The molecule has 0 spiro atoms. The van der Waals surface area contributed by atoms with E-state index in [9.17, 15) is 4.79 Å². The highest BCUT2D eigenvalue weighted by Crippen LogP contribution is 2.23. The summed E-state index contributed by atoms with van der Waals surface area (Å²) in [5, 5.41) is 8.81. The number of hydrogen-bond acceptors (Lipinski definition) is 3. The summed E-state index contributed by atoms with van der Waals surface area (Å²) >= 11 is 5.19. The number of rotatable bonds is 6.